The Bertz CT molecular complexity index is 785. The molecule has 3 N–H and O–H groups in total. The maximum atomic E-state index is 12.3. The fourth-order valence-corrected chi connectivity index (χ4v) is 5.34. The third kappa shape index (κ3) is 4.60. The number of aromatic hydroxyl groups is 1. The van der Waals surface area contributed by atoms with Crippen LogP contribution < -0.4 is 0 Å². The van der Waals surface area contributed by atoms with Crippen molar-refractivity contribution in [1.29, 1.82) is 0 Å². The summed E-state index contributed by atoms with van der Waals surface area (Å²) in [5, 5.41) is 9.67. The van der Waals surface area contributed by atoms with Gasteiger partial charge in [-0.3, -0.25) is 13.9 Å². The molecule has 0 aromatic heterocycles. The quantitative estimate of drug-likeness (QED) is 0.449. The van der Waals surface area contributed by atoms with Gasteiger partial charge in [-0.1, -0.05) is 13.0 Å². The van der Waals surface area contributed by atoms with Gasteiger partial charge in [-0.15, -0.1) is 0 Å². The SMILES string of the molecule is C[C@]12CC[C@@H]3c4ccc(O)cc4CC[C@H]3[C@@H]1CCC2=O.O=S(=O)(O)O.[KH]. The zero-order valence-electron chi connectivity index (χ0n) is 14.2. The molecule has 26 heavy (non-hydrogen) atoms. The number of carbonyl (C=O) groups excluding carboxylic acids is 1. The Morgan fingerprint density at radius 1 is 1.12 bits per heavy atom. The van der Waals surface area contributed by atoms with Crippen LogP contribution in [0.3, 0.4) is 0 Å². The molecular weight excluding hydrogens is 383 g/mol. The number of phenols is 1. The molecule has 0 bridgehead atoms. The Kier molecular flexibility index (Phi) is 7.16. The first-order valence-electron chi connectivity index (χ1n) is 8.64. The zero-order chi connectivity index (χ0) is 18.4. The molecule has 0 spiro atoms. The Hall–Kier alpha value is 0.196. The van der Waals surface area contributed by atoms with Gasteiger partial charge < -0.3 is 5.11 Å². The number of benzene rings is 1. The Balaban J connectivity index is 0.000000362. The summed E-state index contributed by atoms with van der Waals surface area (Å²) in [4.78, 5) is 12.3. The number of hydrogen-bond acceptors (Lipinski definition) is 4. The summed E-state index contributed by atoms with van der Waals surface area (Å²) in [6, 6.07) is 5.90. The summed E-state index contributed by atoms with van der Waals surface area (Å²) < 4.78 is 31.6. The second-order valence-electron chi connectivity index (χ2n) is 7.66. The summed E-state index contributed by atoms with van der Waals surface area (Å²) in [6.45, 7) is 2.22. The Morgan fingerprint density at radius 2 is 1.77 bits per heavy atom. The average Bonchev–Trinajstić information content (AvgIpc) is 2.81. The van der Waals surface area contributed by atoms with E-state index >= 15 is 0 Å². The Morgan fingerprint density at radius 3 is 2.42 bits per heavy atom. The molecule has 0 saturated heterocycles. The van der Waals surface area contributed by atoms with E-state index in [4.69, 9.17) is 17.5 Å². The van der Waals surface area contributed by atoms with Crippen molar-refractivity contribution in [2.24, 2.45) is 17.3 Å². The van der Waals surface area contributed by atoms with Gasteiger partial charge in [0.05, 0.1) is 0 Å². The van der Waals surface area contributed by atoms with Crippen LogP contribution in [0.4, 0.5) is 0 Å². The van der Waals surface area contributed by atoms with E-state index in [1.807, 2.05) is 12.1 Å². The molecule has 0 radical (unpaired) electrons. The molecule has 1 aromatic rings. The van der Waals surface area contributed by atoms with Gasteiger partial charge >= 0.3 is 61.8 Å². The van der Waals surface area contributed by atoms with Crippen molar-refractivity contribution in [1.82, 2.24) is 0 Å². The van der Waals surface area contributed by atoms with Gasteiger partial charge in [-0.2, -0.15) is 8.42 Å². The molecule has 0 unspecified atom stereocenters. The predicted molar refractivity (Wildman–Crippen MR) is 99.1 cm³/mol. The summed E-state index contributed by atoms with van der Waals surface area (Å²) in [7, 11) is -4.67. The van der Waals surface area contributed by atoms with Crippen LogP contribution in [0.15, 0.2) is 18.2 Å². The van der Waals surface area contributed by atoms with E-state index in [-0.39, 0.29) is 56.8 Å². The van der Waals surface area contributed by atoms with Crippen LogP contribution in [-0.4, -0.2) is 79.8 Å². The first kappa shape index (κ1) is 22.5. The monoisotopic (exact) mass is 408 g/mol. The molecule has 2 fully saturated rings. The summed E-state index contributed by atoms with van der Waals surface area (Å²) in [5.41, 5.74) is 2.75. The van der Waals surface area contributed by atoms with Gasteiger partial charge in [-0.05, 0) is 73.1 Å². The van der Waals surface area contributed by atoms with Gasteiger partial charge in [-0.25, -0.2) is 0 Å². The predicted octanol–water partition coefficient (Wildman–Crippen LogP) is 2.52. The summed E-state index contributed by atoms with van der Waals surface area (Å²) in [5.74, 6) is 2.78. The minimum absolute atomic E-state index is 0. The van der Waals surface area contributed by atoms with Crippen LogP contribution >= 0.6 is 0 Å². The number of aryl methyl sites for hydroxylation is 1. The van der Waals surface area contributed by atoms with E-state index in [1.54, 1.807) is 0 Å². The van der Waals surface area contributed by atoms with Gasteiger partial charge in [0.25, 0.3) is 0 Å². The van der Waals surface area contributed by atoms with Crippen molar-refractivity contribution in [3.05, 3.63) is 29.3 Å². The third-order valence-electron chi connectivity index (χ3n) is 6.42. The Labute approximate surface area is 196 Å². The number of ketones is 1. The molecule has 140 valence electrons. The van der Waals surface area contributed by atoms with Crippen molar-refractivity contribution in [2.75, 3.05) is 0 Å². The van der Waals surface area contributed by atoms with Gasteiger partial charge in [0.15, 0.2) is 0 Å². The molecule has 4 rings (SSSR count). The second-order valence-corrected chi connectivity index (χ2v) is 8.56. The third-order valence-corrected chi connectivity index (χ3v) is 6.42. The molecule has 0 heterocycles. The van der Waals surface area contributed by atoms with Crippen molar-refractivity contribution in [2.45, 2.75) is 51.4 Å². The topological polar surface area (TPSA) is 112 Å². The molecule has 6 nitrogen and oxygen atoms in total. The molecule has 0 amide bonds. The van der Waals surface area contributed by atoms with E-state index in [2.05, 4.69) is 13.0 Å². The van der Waals surface area contributed by atoms with Crippen LogP contribution in [0.1, 0.15) is 56.1 Å². The van der Waals surface area contributed by atoms with Crippen LogP contribution in [0, 0.1) is 17.3 Å². The van der Waals surface area contributed by atoms with Gasteiger partial charge in [0, 0.05) is 11.8 Å². The van der Waals surface area contributed by atoms with Crippen LogP contribution in [-0.2, 0) is 21.6 Å². The number of hydrogen-bond donors (Lipinski definition) is 3. The van der Waals surface area contributed by atoms with Crippen LogP contribution in [0.5, 0.6) is 5.75 Å². The average molecular weight is 409 g/mol. The molecule has 8 heteroatoms. The van der Waals surface area contributed by atoms with E-state index < -0.39 is 10.4 Å². The van der Waals surface area contributed by atoms with Gasteiger partial charge in [0.2, 0.25) is 0 Å². The van der Waals surface area contributed by atoms with Crippen molar-refractivity contribution >= 4 is 67.6 Å². The number of fused-ring (bicyclic) bond motifs is 5. The number of phenolic OH excluding ortho intramolecular Hbond substituents is 1. The van der Waals surface area contributed by atoms with Crippen LogP contribution in [0.2, 0.25) is 0 Å². The van der Waals surface area contributed by atoms with E-state index in [9.17, 15) is 9.90 Å². The molecule has 4 atom stereocenters. The van der Waals surface area contributed by atoms with Crippen molar-refractivity contribution in [3.63, 3.8) is 0 Å². The van der Waals surface area contributed by atoms with Crippen molar-refractivity contribution in [3.8, 4) is 5.75 Å². The first-order valence-corrected chi connectivity index (χ1v) is 10.0. The molecule has 3 aliphatic carbocycles. The number of Topliss-reactive ketones (excluding diaryl/α,β-unsaturated/α-hetero) is 1. The van der Waals surface area contributed by atoms with E-state index in [0.29, 0.717) is 29.3 Å². The molecule has 2 saturated carbocycles. The normalized spacial score (nSPS) is 32.3. The minimum atomic E-state index is -4.67. The van der Waals surface area contributed by atoms with E-state index in [1.165, 1.54) is 17.5 Å². The standard InChI is InChI=1S/C18H22O2.K.H2O4S.H/c1-18-9-8-14-13-5-3-12(19)10-11(13)2-4-15(14)16(18)6-7-17(18)20;;1-5(2,3)4;/h3,5,10,14-16,19H,2,4,6-9H2,1H3;;(H2,1,2,3,4);/t14-,15-,16+,18+;;;/m1.../s1. The zero-order valence-corrected chi connectivity index (χ0v) is 15.0. The number of carbonyl (C=O) groups is 1. The van der Waals surface area contributed by atoms with Gasteiger partial charge in [0.1, 0.15) is 11.5 Å². The number of rotatable bonds is 0. The fraction of sp³-hybridized carbons (Fsp3) is 0.611. The maximum absolute atomic E-state index is 12.3. The molecule has 1 aromatic carbocycles. The fourth-order valence-electron chi connectivity index (χ4n) is 5.34. The van der Waals surface area contributed by atoms with Crippen molar-refractivity contribution < 1.29 is 27.4 Å². The molecular formula is C18H25KO6S. The first-order chi connectivity index (χ1) is 11.6. The van der Waals surface area contributed by atoms with Crippen LogP contribution in [0.25, 0.3) is 0 Å². The summed E-state index contributed by atoms with van der Waals surface area (Å²) in [6.07, 6.45) is 6.34. The molecule has 0 aliphatic heterocycles. The second kappa shape index (κ2) is 8.28. The summed E-state index contributed by atoms with van der Waals surface area (Å²) >= 11 is 0. The molecule has 3 aliphatic rings. The van der Waals surface area contributed by atoms with E-state index in [0.717, 1.165) is 32.1 Å².